The minimum absolute atomic E-state index is 0.0258. The van der Waals surface area contributed by atoms with Crippen LogP contribution >= 0.6 is 0 Å². The number of nitrogens with one attached hydrogen (secondary N) is 2. The first-order chi connectivity index (χ1) is 6.81. The molecule has 1 aliphatic rings. The molecule has 1 saturated carbocycles. The Balaban J connectivity index is 2.02. The summed E-state index contributed by atoms with van der Waals surface area (Å²) in [6.45, 7) is 0. The standard InChI is InChI=1S/C10H17N3O/c1-11-8-2-4-9(5-3-8)13-7-6-12-10(13)14/h6-9,11H,2-5H2,1H3,(H,12,14). The van der Waals surface area contributed by atoms with E-state index in [1.807, 2.05) is 17.8 Å². The largest absolute Gasteiger partial charge is 0.325 e. The van der Waals surface area contributed by atoms with E-state index in [9.17, 15) is 4.79 Å². The topological polar surface area (TPSA) is 49.8 Å². The number of aromatic amines is 1. The molecule has 0 bridgehead atoms. The smallest absolute Gasteiger partial charge is 0.317 e. The molecule has 0 aliphatic heterocycles. The monoisotopic (exact) mass is 195 g/mol. The van der Waals surface area contributed by atoms with Crippen LogP contribution in [0, 0.1) is 0 Å². The van der Waals surface area contributed by atoms with E-state index in [4.69, 9.17) is 0 Å². The van der Waals surface area contributed by atoms with Crippen LogP contribution in [0.2, 0.25) is 0 Å². The van der Waals surface area contributed by atoms with Crippen LogP contribution in [0.15, 0.2) is 17.2 Å². The van der Waals surface area contributed by atoms with E-state index in [1.165, 1.54) is 12.8 Å². The van der Waals surface area contributed by atoms with Crippen molar-refractivity contribution in [3.8, 4) is 0 Å². The first-order valence-electron chi connectivity index (χ1n) is 5.24. The average Bonchev–Trinajstić information content (AvgIpc) is 2.65. The van der Waals surface area contributed by atoms with Crippen molar-refractivity contribution in [3.05, 3.63) is 22.9 Å². The van der Waals surface area contributed by atoms with E-state index in [0.29, 0.717) is 12.1 Å². The number of imidazole rings is 1. The molecule has 14 heavy (non-hydrogen) atoms. The molecule has 2 N–H and O–H groups in total. The fraction of sp³-hybridized carbons (Fsp3) is 0.700. The van der Waals surface area contributed by atoms with Crippen LogP contribution in [-0.4, -0.2) is 22.6 Å². The lowest BCUT2D eigenvalue weighted by atomic mass is 9.91. The van der Waals surface area contributed by atoms with E-state index in [2.05, 4.69) is 10.3 Å². The maximum atomic E-state index is 11.4. The van der Waals surface area contributed by atoms with E-state index >= 15 is 0 Å². The Morgan fingerprint density at radius 3 is 2.64 bits per heavy atom. The summed E-state index contributed by atoms with van der Waals surface area (Å²) in [5, 5.41) is 3.29. The Morgan fingerprint density at radius 2 is 2.14 bits per heavy atom. The van der Waals surface area contributed by atoms with Gasteiger partial charge in [0.1, 0.15) is 0 Å². The Morgan fingerprint density at radius 1 is 1.43 bits per heavy atom. The van der Waals surface area contributed by atoms with Gasteiger partial charge in [0.15, 0.2) is 0 Å². The predicted octanol–water partition coefficient (Wildman–Crippen LogP) is 0.879. The average molecular weight is 195 g/mol. The lowest BCUT2D eigenvalue weighted by Crippen LogP contribution is -2.33. The first kappa shape index (κ1) is 9.52. The Hall–Kier alpha value is -1.03. The number of rotatable bonds is 2. The number of hydrogen-bond donors (Lipinski definition) is 2. The second-order valence-electron chi connectivity index (χ2n) is 3.97. The van der Waals surface area contributed by atoms with Crippen molar-refractivity contribution in [2.45, 2.75) is 37.8 Å². The number of H-pyrrole nitrogens is 1. The normalized spacial score (nSPS) is 27.8. The van der Waals surface area contributed by atoms with E-state index in [1.54, 1.807) is 6.20 Å². The SMILES string of the molecule is CNC1CCC(n2cc[nH]c2=O)CC1. The molecular formula is C10H17N3O. The minimum Gasteiger partial charge on any atom is -0.317 e. The summed E-state index contributed by atoms with van der Waals surface area (Å²) in [6, 6.07) is 1.04. The second-order valence-corrected chi connectivity index (χ2v) is 3.97. The van der Waals surface area contributed by atoms with Crippen molar-refractivity contribution >= 4 is 0 Å². The summed E-state index contributed by atoms with van der Waals surface area (Å²) in [6.07, 6.45) is 8.10. The molecular weight excluding hydrogens is 178 g/mol. The minimum atomic E-state index is 0.0258. The summed E-state index contributed by atoms with van der Waals surface area (Å²) in [5.41, 5.74) is 0.0258. The van der Waals surface area contributed by atoms with Gasteiger partial charge < -0.3 is 10.3 Å². The van der Waals surface area contributed by atoms with Crippen molar-refractivity contribution in [1.29, 1.82) is 0 Å². The highest BCUT2D eigenvalue weighted by atomic mass is 16.1. The van der Waals surface area contributed by atoms with Crippen LogP contribution in [0.3, 0.4) is 0 Å². The van der Waals surface area contributed by atoms with Crippen LogP contribution in [0.25, 0.3) is 0 Å². The molecule has 4 nitrogen and oxygen atoms in total. The number of aromatic nitrogens is 2. The van der Waals surface area contributed by atoms with Gasteiger partial charge in [-0.2, -0.15) is 0 Å². The van der Waals surface area contributed by atoms with Gasteiger partial charge in [-0.05, 0) is 32.7 Å². The third-order valence-corrected chi connectivity index (χ3v) is 3.17. The molecule has 0 unspecified atom stereocenters. The third kappa shape index (κ3) is 1.75. The van der Waals surface area contributed by atoms with E-state index < -0.39 is 0 Å². The summed E-state index contributed by atoms with van der Waals surface area (Å²) in [5.74, 6) is 0. The van der Waals surface area contributed by atoms with Crippen LogP contribution in [0.1, 0.15) is 31.7 Å². The van der Waals surface area contributed by atoms with Gasteiger partial charge in [-0.1, -0.05) is 0 Å². The molecule has 4 heteroatoms. The Labute approximate surface area is 83.3 Å². The maximum Gasteiger partial charge on any atom is 0.325 e. The zero-order valence-corrected chi connectivity index (χ0v) is 8.49. The molecule has 2 rings (SSSR count). The third-order valence-electron chi connectivity index (χ3n) is 3.17. The Bertz CT molecular complexity index is 333. The molecule has 1 fully saturated rings. The van der Waals surface area contributed by atoms with E-state index in [0.717, 1.165) is 12.8 Å². The van der Waals surface area contributed by atoms with Gasteiger partial charge in [-0.25, -0.2) is 4.79 Å². The molecule has 0 atom stereocenters. The second kappa shape index (κ2) is 4.00. The molecule has 1 aromatic rings. The van der Waals surface area contributed by atoms with Gasteiger partial charge >= 0.3 is 5.69 Å². The number of nitrogens with zero attached hydrogens (tertiary/aromatic N) is 1. The van der Waals surface area contributed by atoms with Crippen molar-refractivity contribution in [3.63, 3.8) is 0 Å². The van der Waals surface area contributed by atoms with E-state index in [-0.39, 0.29) is 5.69 Å². The molecule has 0 aromatic carbocycles. The van der Waals surface area contributed by atoms with Crippen LogP contribution in [0.4, 0.5) is 0 Å². The lowest BCUT2D eigenvalue weighted by molar-refractivity contribution is 0.296. The first-order valence-corrected chi connectivity index (χ1v) is 5.24. The van der Waals surface area contributed by atoms with Crippen LogP contribution in [0.5, 0.6) is 0 Å². The highest BCUT2D eigenvalue weighted by Gasteiger charge is 2.21. The van der Waals surface area contributed by atoms with Crippen molar-refractivity contribution in [2.24, 2.45) is 0 Å². The highest BCUT2D eigenvalue weighted by Crippen LogP contribution is 2.26. The zero-order chi connectivity index (χ0) is 9.97. The van der Waals surface area contributed by atoms with Gasteiger partial charge in [-0.3, -0.25) is 4.57 Å². The molecule has 1 aliphatic carbocycles. The van der Waals surface area contributed by atoms with Crippen molar-refractivity contribution < 1.29 is 0 Å². The van der Waals surface area contributed by atoms with Crippen molar-refractivity contribution in [1.82, 2.24) is 14.9 Å². The van der Waals surface area contributed by atoms with Gasteiger partial charge in [-0.15, -0.1) is 0 Å². The molecule has 1 aromatic heterocycles. The maximum absolute atomic E-state index is 11.4. The molecule has 78 valence electrons. The fourth-order valence-electron chi connectivity index (χ4n) is 2.26. The molecule has 1 heterocycles. The predicted molar refractivity (Wildman–Crippen MR) is 55.4 cm³/mol. The molecule has 0 radical (unpaired) electrons. The quantitative estimate of drug-likeness (QED) is 0.736. The number of hydrogen-bond acceptors (Lipinski definition) is 2. The zero-order valence-electron chi connectivity index (χ0n) is 8.49. The Kier molecular flexibility index (Phi) is 2.72. The summed E-state index contributed by atoms with van der Waals surface area (Å²) in [7, 11) is 2.01. The van der Waals surface area contributed by atoms with Gasteiger partial charge in [0.2, 0.25) is 0 Å². The van der Waals surface area contributed by atoms with Gasteiger partial charge in [0.05, 0.1) is 0 Å². The van der Waals surface area contributed by atoms with Crippen LogP contribution < -0.4 is 11.0 Å². The van der Waals surface area contributed by atoms with Gasteiger partial charge in [0.25, 0.3) is 0 Å². The highest BCUT2D eigenvalue weighted by molar-refractivity contribution is 4.86. The molecule has 0 spiro atoms. The van der Waals surface area contributed by atoms with Crippen LogP contribution in [-0.2, 0) is 0 Å². The van der Waals surface area contributed by atoms with Gasteiger partial charge in [0, 0.05) is 24.5 Å². The summed E-state index contributed by atoms with van der Waals surface area (Å²) in [4.78, 5) is 14.0. The molecule has 0 saturated heterocycles. The summed E-state index contributed by atoms with van der Waals surface area (Å²) >= 11 is 0. The molecule has 0 amide bonds. The lowest BCUT2D eigenvalue weighted by Gasteiger charge is -2.28. The van der Waals surface area contributed by atoms with Crippen molar-refractivity contribution in [2.75, 3.05) is 7.05 Å². The summed E-state index contributed by atoms with van der Waals surface area (Å²) < 4.78 is 1.83. The fourth-order valence-corrected chi connectivity index (χ4v) is 2.26.